The molecule has 0 spiro atoms. The van der Waals surface area contributed by atoms with Gasteiger partial charge in [0.1, 0.15) is 11.4 Å². The van der Waals surface area contributed by atoms with Gasteiger partial charge in [-0.05, 0) is 50.9 Å². The summed E-state index contributed by atoms with van der Waals surface area (Å²) in [6, 6.07) is 6.79. The molecular formula is C15H22N2O. The molecule has 0 saturated carbocycles. The van der Waals surface area contributed by atoms with Crippen LogP contribution in [0.15, 0.2) is 23.2 Å². The van der Waals surface area contributed by atoms with E-state index in [4.69, 9.17) is 4.74 Å². The molecule has 0 N–H and O–H groups in total. The first kappa shape index (κ1) is 13.1. The molecule has 1 aliphatic rings. The van der Waals surface area contributed by atoms with E-state index in [1.54, 1.807) is 7.11 Å². The highest BCUT2D eigenvalue weighted by molar-refractivity contribution is 5.68. The van der Waals surface area contributed by atoms with Crippen molar-refractivity contribution in [2.45, 2.75) is 32.7 Å². The van der Waals surface area contributed by atoms with Gasteiger partial charge in [0.25, 0.3) is 0 Å². The molecule has 1 aliphatic heterocycles. The minimum Gasteiger partial charge on any atom is -0.494 e. The molecule has 1 fully saturated rings. The van der Waals surface area contributed by atoms with Gasteiger partial charge in [0, 0.05) is 18.8 Å². The number of aliphatic imine (C=N–C) groups is 1. The van der Waals surface area contributed by atoms with Crippen molar-refractivity contribution < 1.29 is 4.74 Å². The number of benzene rings is 1. The van der Waals surface area contributed by atoms with Gasteiger partial charge in [0.2, 0.25) is 0 Å². The van der Waals surface area contributed by atoms with Crippen molar-refractivity contribution in [1.29, 1.82) is 0 Å². The first-order chi connectivity index (χ1) is 8.70. The van der Waals surface area contributed by atoms with Crippen LogP contribution in [0.25, 0.3) is 0 Å². The summed E-state index contributed by atoms with van der Waals surface area (Å²) >= 11 is 0. The maximum atomic E-state index is 5.34. The Morgan fingerprint density at radius 1 is 1.50 bits per heavy atom. The third kappa shape index (κ3) is 3.10. The summed E-state index contributed by atoms with van der Waals surface area (Å²) in [5.74, 6) is 0.848. The Kier molecular flexibility index (Phi) is 4.37. The van der Waals surface area contributed by atoms with Gasteiger partial charge in [0.15, 0.2) is 0 Å². The molecule has 0 aliphatic carbocycles. The monoisotopic (exact) mass is 246 g/mol. The summed E-state index contributed by atoms with van der Waals surface area (Å²) in [7, 11) is 1.69. The third-order valence-corrected chi connectivity index (χ3v) is 3.57. The van der Waals surface area contributed by atoms with E-state index in [0.29, 0.717) is 6.04 Å². The minimum atomic E-state index is 0.691. The second-order valence-electron chi connectivity index (χ2n) is 4.97. The quantitative estimate of drug-likeness (QED) is 0.762. The third-order valence-electron chi connectivity index (χ3n) is 3.57. The van der Waals surface area contributed by atoms with Crippen molar-refractivity contribution in [3.05, 3.63) is 23.8 Å². The molecule has 0 bridgehead atoms. The average Bonchev–Trinajstić information content (AvgIpc) is 2.77. The number of hydrogen-bond donors (Lipinski definition) is 0. The predicted octanol–water partition coefficient (Wildman–Crippen LogP) is 3.19. The molecule has 1 heterocycles. The van der Waals surface area contributed by atoms with E-state index in [9.17, 15) is 0 Å². The van der Waals surface area contributed by atoms with Gasteiger partial charge in [-0.15, -0.1) is 0 Å². The Labute approximate surface area is 109 Å². The zero-order valence-corrected chi connectivity index (χ0v) is 11.5. The summed E-state index contributed by atoms with van der Waals surface area (Å²) in [6.07, 6.45) is 4.61. The van der Waals surface area contributed by atoms with Gasteiger partial charge in [0.05, 0.1) is 7.11 Å². The van der Waals surface area contributed by atoms with Crippen molar-refractivity contribution in [1.82, 2.24) is 4.90 Å². The molecule has 2 rings (SSSR count). The van der Waals surface area contributed by atoms with Gasteiger partial charge in [-0.25, -0.2) is 0 Å². The maximum Gasteiger partial charge on any atom is 0.144 e. The number of likely N-dealkylation sites (tertiary alicyclic amines) is 1. The Hall–Kier alpha value is -1.35. The fourth-order valence-corrected chi connectivity index (χ4v) is 2.40. The van der Waals surface area contributed by atoms with Gasteiger partial charge in [-0.3, -0.25) is 9.89 Å². The largest absolute Gasteiger partial charge is 0.494 e. The fraction of sp³-hybridized carbons (Fsp3) is 0.533. The molecule has 3 heteroatoms. The number of hydrogen-bond acceptors (Lipinski definition) is 3. The lowest BCUT2D eigenvalue weighted by atomic mass is 10.2. The van der Waals surface area contributed by atoms with Crippen molar-refractivity contribution in [2.24, 2.45) is 4.99 Å². The molecule has 98 valence electrons. The summed E-state index contributed by atoms with van der Waals surface area (Å²) in [4.78, 5) is 6.99. The van der Waals surface area contributed by atoms with Gasteiger partial charge < -0.3 is 4.74 Å². The van der Waals surface area contributed by atoms with Gasteiger partial charge in [-0.1, -0.05) is 6.07 Å². The highest BCUT2D eigenvalue weighted by Crippen LogP contribution is 2.27. The smallest absolute Gasteiger partial charge is 0.144 e. The first-order valence-corrected chi connectivity index (χ1v) is 6.62. The molecule has 18 heavy (non-hydrogen) atoms. The van der Waals surface area contributed by atoms with Gasteiger partial charge >= 0.3 is 0 Å². The lowest BCUT2D eigenvalue weighted by Gasteiger charge is -2.17. The van der Waals surface area contributed by atoms with Crippen molar-refractivity contribution in [3.63, 3.8) is 0 Å². The topological polar surface area (TPSA) is 24.8 Å². The normalized spacial score (nSPS) is 20.7. The molecule has 0 aromatic heterocycles. The Morgan fingerprint density at radius 3 is 3.00 bits per heavy atom. The van der Waals surface area contributed by atoms with Crippen LogP contribution in [0.4, 0.5) is 5.69 Å². The molecule has 1 atom stereocenters. The number of nitrogens with zero attached hydrogens (tertiary/aromatic N) is 2. The summed E-state index contributed by atoms with van der Waals surface area (Å²) in [5, 5.41) is 0. The molecule has 1 saturated heterocycles. The van der Waals surface area contributed by atoms with Crippen LogP contribution >= 0.6 is 0 Å². The number of ether oxygens (including phenoxy) is 1. The van der Waals surface area contributed by atoms with E-state index < -0.39 is 0 Å². The van der Waals surface area contributed by atoms with Crippen LogP contribution in [0.1, 0.15) is 25.3 Å². The van der Waals surface area contributed by atoms with Crippen molar-refractivity contribution in [2.75, 3.05) is 20.2 Å². The Bertz CT molecular complexity index is 429. The second kappa shape index (κ2) is 6.01. The molecule has 1 aromatic rings. The van der Waals surface area contributed by atoms with E-state index in [-0.39, 0.29) is 0 Å². The molecule has 0 amide bonds. The van der Waals surface area contributed by atoms with E-state index >= 15 is 0 Å². The van der Waals surface area contributed by atoms with Crippen LogP contribution in [-0.2, 0) is 0 Å². The highest BCUT2D eigenvalue weighted by atomic mass is 16.5. The SMILES string of the molecule is COc1cc(C)ccc1N=CCN1CCCC1C. The van der Waals surface area contributed by atoms with Crippen LogP contribution in [0.5, 0.6) is 5.75 Å². The van der Waals surface area contributed by atoms with E-state index in [0.717, 1.165) is 18.0 Å². The zero-order chi connectivity index (χ0) is 13.0. The molecule has 0 radical (unpaired) electrons. The van der Waals surface area contributed by atoms with Crippen LogP contribution < -0.4 is 4.74 Å². The Balaban J connectivity index is 2.00. The van der Waals surface area contributed by atoms with Crippen LogP contribution in [-0.4, -0.2) is 37.4 Å². The van der Waals surface area contributed by atoms with Crippen LogP contribution in [0, 0.1) is 6.92 Å². The molecule has 3 nitrogen and oxygen atoms in total. The lowest BCUT2D eigenvalue weighted by Crippen LogP contribution is -2.28. The van der Waals surface area contributed by atoms with Gasteiger partial charge in [-0.2, -0.15) is 0 Å². The predicted molar refractivity (Wildman–Crippen MR) is 76.2 cm³/mol. The average molecular weight is 246 g/mol. The second-order valence-corrected chi connectivity index (χ2v) is 4.97. The van der Waals surface area contributed by atoms with Crippen molar-refractivity contribution in [3.8, 4) is 5.75 Å². The van der Waals surface area contributed by atoms with E-state index in [2.05, 4.69) is 29.8 Å². The number of aryl methyl sites for hydroxylation is 1. The van der Waals surface area contributed by atoms with Crippen LogP contribution in [0.2, 0.25) is 0 Å². The van der Waals surface area contributed by atoms with Crippen molar-refractivity contribution >= 4 is 11.9 Å². The van der Waals surface area contributed by atoms with E-state index in [1.807, 2.05) is 18.3 Å². The maximum absolute atomic E-state index is 5.34. The molecular weight excluding hydrogens is 224 g/mol. The number of methoxy groups -OCH3 is 1. The number of rotatable bonds is 4. The summed E-state index contributed by atoms with van der Waals surface area (Å²) in [6.45, 7) is 6.46. The lowest BCUT2D eigenvalue weighted by molar-refractivity contribution is 0.309. The molecule has 1 aromatic carbocycles. The standard InChI is InChI=1S/C15H22N2O/c1-12-6-7-14(15(11-12)18-3)16-8-10-17-9-4-5-13(17)2/h6-8,11,13H,4-5,9-10H2,1-3H3. The molecule has 1 unspecified atom stereocenters. The summed E-state index contributed by atoms with van der Waals surface area (Å²) in [5.41, 5.74) is 2.11. The summed E-state index contributed by atoms with van der Waals surface area (Å²) < 4.78 is 5.34. The van der Waals surface area contributed by atoms with Crippen LogP contribution in [0.3, 0.4) is 0 Å². The fourth-order valence-electron chi connectivity index (χ4n) is 2.40. The Morgan fingerprint density at radius 2 is 2.33 bits per heavy atom. The minimum absolute atomic E-state index is 0.691. The zero-order valence-electron chi connectivity index (χ0n) is 11.5. The van der Waals surface area contributed by atoms with E-state index in [1.165, 1.54) is 24.9 Å². The first-order valence-electron chi connectivity index (χ1n) is 6.62. The highest BCUT2D eigenvalue weighted by Gasteiger charge is 2.18.